The Morgan fingerprint density at radius 1 is 1.17 bits per heavy atom. The largest absolute Gasteiger partial charge is 0.491 e. The summed E-state index contributed by atoms with van der Waals surface area (Å²) in [6, 6.07) is 15.1. The van der Waals surface area contributed by atoms with Gasteiger partial charge in [-0.2, -0.15) is 0 Å². The summed E-state index contributed by atoms with van der Waals surface area (Å²) in [6.45, 7) is 4.75. The van der Waals surface area contributed by atoms with E-state index in [0.29, 0.717) is 22.2 Å². The fourth-order valence-electron chi connectivity index (χ4n) is 3.06. The maximum atomic E-state index is 12.6. The molecule has 0 aliphatic carbocycles. The third-order valence-corrected chi connectivity index (χ3v) is 4.81. The van der Waals surface area contributed by atoms with Gasteiger partial charge in [0.25, 0.3) is 5.56 Å². The third kappa shape index (κ3) is 5.54. The Kier molecular flexibility index (Phi) is 6.82. The number of hydrogen-bond donors (Lipinski definition) is 2. The molecule has 3 rings (SSSR count). The second-order valence-corrected chi connectivity index (χ2v) is 7.48. The zero-order valence-electron chi connectivity index (χ0n) is 16.6. The number of aromatic nitrogens is 2. The number of para-hydroxylation sites is 1. The Morgan fingerprint density at radius 2 is 1.90 bits per heavy atom. The number of aromatic amines is 1. The molecule has 0 atom stereocenters. The van der Waals surface area contributed by atoms with E-state index in [1.54, 1.807) is 12.1 Å². The fourth-order valence-corrected chi connectivity index (χ4v) is 3.34. The predicted molar refractivity (Wildman–Crippen MR) is 117 cm³/mol. The van der Waals surface area contributed by atoms with Crippen molar-refractivity contribution in [1.29, 1.82) is 0 Å². The van der Waals surface area contributed by atoms with Crippen molar-refractivity contribution in [3.8, 4) is 5.75 Å². The van der Waals surface area contributed by atoms with Gasteiger partial charge in [-0.05, 0) is 62.3 Å². The monoisotopic (exact) mass is 411 g/mol. The summed E-state index contributed by atoms with van der Waals surface area (Å²) in [4.78, 5) is 27.8. The van der Waals surface area contributed by atoms with Crippen molar-refractivity contribution in [3.05, 3.63) is 69.2 Å². The highest BCUT2D eigenvalue weighted by molar-refractivity contribution is 7.71. The molecule has 152 valence electrons. The summed E-state index contributed by atoms with van der Waals surface area (Å²) in [5.74, 6) is 0.726. The van der Waals surface area contributed by atoms with E-state index in [1.165, 1.54) is 4.57 Å². The van der Waals surface area contributed by atoms with Crippen LogP contribution >= 0.6 is 12.2 Å². The topological polar surface area (TPSA) is 76.1 Å². The number of carbonyl (C=O) groups excluding carboxylic acids is 1. The van der Waals surface area contributed by atoms with Crippen molar-refractivity contribution in [3.63, 3.8) is 0 Å². The number of H-pyrrole nitrogens is 1. The van der Waals surface area contributed by atoms with Crippen LogP contribution in [0.5, 0.6) is 5.75 Å². The number of fused-ring (bicyclic) bond motifs is 1. The van der Waals surface area contributed by atoms with E-state index in [4.69, 9.17) is 17.0 Å². The molecule has 2 aromatic carbocycles. The second kappa shape index (κ2) is 9.52. The lowest BCUT2D eigenvalue weighted by Gasteiger charge is -2.11. The molecule has 0 saturated carbocycles. The summed E-state index contributed by atoms with van der Waals surface area (Å²) < 4.78 is 7.38. The van der Waals surface area contributed by atoms with E-state index in [1.807, 2.05) is 50.2 Å². The van der Waals surface area contributed by atoms with Crippen LogP contribution in [0.15, 0.2) is 53.3 Å². The second-order valence-electron chi connectivity index (χ2n) is 7.09. The Balaban J connectivity index is 1.51. The normalized spacial score (nSPS) is 11.0. The Hall–Kier alpha value is -2.93. The molecular formula is C22H25N3O3S. The Labute approximate surface area is 174 Å². The third-order valence-electron chi connectivity index (χ3n) is 4.48. The van der Waals surface area contributed by atoms with Crippen LogP contribution in [-0.2, 0) is 17.8 Å². The summed E-state index contributed by atoms with van der Waals surface area (Å²) in [5.41, 5.74) is 1.64. The van der Waals surface area contributed by atoms with Gasteiger partial charge < -0.3 is 15.0 Å². The zero-order valence-corrected chi connectivity index (χ0v) is 17.4. The van der Waals surface area contributed by atoms with Crippen LogP contribution in [0.25, 0.3) is 10.9 Å². The minimum absolute atomic E-state index is 0.112. The molecule has 6 nitrogen and oxygen atoms in total. The molecule has 1 amide bonds. The Morgan fingerprint density at radius 3 is 2.62 bits per heavy atom. The first-order valence-corrected chi connectivity index (χ1v) is 10.1. The van der Waals surface area contributed by atoms with Gasteiger partial charge in [0.2, 0.25) is 5.91 Å². The number of nitrogens with one attached hydrogen (secondary N) is 2. The molecule has 0 spiro atoms. The molecule has 0 saturated heterocycles. The SMILES string of the molecule is CC(C)Oc1ccc(CCNC(=O)CCn2c(=S)[nH]c3ccccc3c2=O)cc1. The van der Waals surface area contributed by atoms with E-state index in [2.05, 4.69) is 10.3 Å². The number of amides is 1. The van der Waals surface area contributed by atoms with Crippen molar-refractivity contribution in [1.82, 2.24) is 14.9 Å². The molecule has 29 heavy (non-hydrogen) atoms. The summed E-state index contributed by atoms with van der Waals surface area (Å²) in [5, 5.41) is 3.46. The number of hydrogen-bond acceptors (Lipinski definition) is 4. The van der Waals surface area contributed by atoms with E-state index >= 15 is 0 Å². The highest BCUT2D eigenvalue weighted by atomic mass is 32.1. The minimum Gasteiger partial charge on any atom is -0.491 e. The molecule has 1 aromatic heterocycles. The fraction of sp³-hybridized carbons (Fsp3) is 0.318. The van der Waals surface area contributed by atoms with Crippen molar-refractivity contribution in [2.75, 3.05) is 6.54 Å². The summed E-state index contributed by atoms with van der Waals surface area (Å²) in [7, 11) is 0. The lowest BCUT2D eigenvalue weighted by molar-refractivity contribution is -0.121. The van der Waals surface area contributed by atoms with Gasteiger partial charge in [0.05, 0.1) is 17.0 Å². The van der Waals surface area contributed by atoms with Gasteiger partial charge in [-0.15, -0.1) is 0 Å². The summed E-state index contributed by atoms with van der Waals surface area (Å²) in [6.07, 6.45) is 1.06. The molecule has 0 radical (unpaired) electrons. The predicted octanol–water partition coefficient (Wildman–Crippen LogP) is 3.60. The highest BCUT2D eigenvalue weighted by Gasteiger charge is 2.08. The van der Waals surface area contributed by atoms with Gasteiger partial charge in [0.1, 0.15) is 5.75 Å². The molecule has 0 fully saturated rings. The molecule has 1 heterocycles. The van der Waals surface area contributed by atoms with E-state index in [0.717, 1.165) is 17.7 Å². The van der Waals surface area contributed by atoms with Crippen molar-refractivity contribution in [2.24, 2.45) is 0 Å². The van der Waals surface area contributed by atoms with Gasteiger partial charge in [0.15, 0.2) is 4.77 Å². The van der Waals surface area contributed by atoms with Crippen LogP contribution in [0.3, 0.4) is 0 Å². The quantitative estimate of drug-likeness (QED) is 0.556. The number of ether oxygens (including phenoxy) is 1. The lowest BCUT2D eigenvalue weighted by atomic mass is 10.1. The van der Waals surface area contributed by atoms with Crippen LogP contribution < -0.4 is 15.6 Å². The van der Waals surface area contributed by atoms with Crippen LogP contribution in [0.1, 0.15) is 25.8 Å². The van der Waals surface area contributed by atoms with Crippen LogP contribution in [0.2, 0.25) is 0 Å². The average molecular weight is 412 g/mol. The standard InChI is InChI=1S/C22H25N3O3S/c1-15(2)28-17-9-7-16(8-10-17)11-13-23-20(26)12-14-25-21(27)18-5-3-4-6-19(18)24-22(25)29/h3-10,15H,11-14H2,1-2H3,(H,23,26)(H,24,29). The minimum atomic E-state index is -0.180. The highest BCUT2D eigenvalue weighted by Crippen LogP contribution is 2.14. The number of nitrogens with zero attached hydrogens (tertiary/aromatic N) is 1. The molecule has 3 aromatic rings. The van der Waals surface area contributed by atoms with Gasteiger partial charge >= 0.3 is 0 Å². The molecule has 7 heteroatoms. The number of benzene rings is 2. The first-order chi connectivity index (χ1) is 13.9. The number of rotatable bonds is 8. The maximum Gasteiger partial charge on any atom is 0.262 e. The molecule has 0 bridgehead atoms. The Bertz CT molecular complexity index is 1100. The van der Waals surface area contributed by atoms with Crippen LogP contribution in [0, 0.1) is 4.77 Å². The zero-order chi connectivity index (χ0) is 20.8. The van der Waals surface area contributed by atoms with Gasteiger partial charge in [0, 0.05) is 19.5 Å². The van der Waals surface area contributed by atoms with Crippen molar-refractivity contribution < 1.29 is 9.53 Å². The van der Waals surface area contributed by atoms with Gasteiger partial charge in [-0.25, -0.2) is 0 Å². The van der Waals surface area contributed by atoms with Crippen molar-refractivity contribution in [2.45, 2.75) is 39.3 Å². The van der Waals surface area contributed by atoms with Gasteiger partial charge in [-0.3, -0.25) is 14.2 Å². The molecule has 0 aliphatic rings. The smallest absolute Gasteiger partial charge is 0.262 e. The van der Waals surface area contributed by atoms with Crippen LogP contribution in [-0.4, -0.2) is 28.1 Å². The summed E-state index contributed by atoms with van der Waals surface area (Å²) >= 11 is 5.27. The first kappa shape index (κ1) is 20.8. The lowest BCUT2D eigenvalue weighted by Crippen LogP contribution is -2.29. The van der Waals surface area contributed by atoms with Crippen LogP contribution in [0.4, 0.5) is 0 Å². The first-order valence-electron chi connectivity index (χ1n) is 9.68. The number of carbonyl (C=O) groups is 1. The molecular weight excluding hydrogens is 386 g/mol. The van der Waals surface area contributed by atoms with E-state index < -0.39 is 0 Å². The average Bonchev–Trinajstić information content (AvgIpc) is 2.69. The molecule has 0 aliphatic heterocycles. The van der Waals surface area contributed by atoms with Crippen molar-refractivity contribution >= 4 is 29.0 Å². The maximum absolute atomic E-state index is 12.6. The van der Waals surface area contributed by atoms with Gasteiger partial charge in [-0.1, -0.05) is 24.3 Å². The van der Waals surface area contributed by atoms with E-state index in [-0.39, 0.29) is 30.5 Å². The molecule has 0 unspecified atom stereocenters. The van der Waals surface area contributed by atoms with E-state index in [9.17, 15) is 9.59 Å². The molecule has 2 N–H and O–H groups in total.